The van der Waals surface area contributed by atoms with Gasteiger partial charge in [-0.25, -0.2) is 13.4 Å². The summed E-state index contributed by atoms with van der Waals surface area (Å²) in [6.07, 6.45) is 0.564. The maximum Gasteiger partial charge on any atom is 0.152 e. The van der Waals surface area contributed by atoms with Crippen molar-refractivity contribution in [2.75, 3.05) is 11.5 Å². The van der Waals surface area contributed by atoms with Crippen LogP contribution in [0.15, 0.2) is 18.2 Å². The number of aromatic nitrogens is 2. The van der Waals surface area contributed by atoms with Crippen molar-refractivity contribution in [3.63, 3.8) is 0 Å². The molecule has 20 heavy (non-hydrogen) atoms. The summed E-state index contributed by atoms with van der Waals surface area (Å²) in [5, 5.41) is 9.13. The number of halogens is 1. The van der Waals surface area contributed by atoms with Crippen molar-refractivity contribution in [3.05, 3.63) is 29.6 Å². The lowest BCUT2D eigenvalue weighted by atomic mass is 10.2. The second kappa shape index (κ2) is 4.76. The Morgan fingerprint density at radius 1 is 1.50 bits per heavy atom. The van der Waals surface area contributed by atoms with E-state index in [4.69, 9.17) is 16.9 Å². The largest absolute Gasteiger partial charge is 0.323 e. The Labute approximate surface area is 121 Å². The van der Waals surface area contributed by atoms with Crippen LogP contribution in [0.3, 0.4) is 0 Å². The SMILES string of the molecule is N#Cc1cccc2c1nc(CCl)n2C1CCS(=O)(=O)C1. The van der Waals surface area contributed by atoms with E-state index in [9.17, 15) is 8.42 Å². The number of hydrogen-bond acceptors (Lipinski definition) is 4. The van der Waals surface area contributed by atoms with E-state index in [0.29, 0.717) is 23.3 Å². The molecular weight excluding hydrogens is 298 g/mol. The lowest BCUT2D eigenvalue weighted by molar-refractivity contribution is 0.554. The van der Waals surface area contributed by atoms with E-state index >= 15 is 0 Å². The van der Waals surface area contributed by atoms with Crippen molar-refractivity contribution < 1.29 is 8.42 Å². The standard InChI is InChI=1S/C13H12ClN3O2S/c14-6-12-16-13-9(7-15)2-1-3-11(13)17(12)10-4-5-20(18,19)8-10/h1-3,10H,4-6,8H2. The number of rotatable bonds is 2. The first-order chi connectivity index (χ1) is 9.55. The molecule has 0 spiro atoms. The summed E-state index contributed by atoms with van der Waals surface area (Å²) in [6, 6.07) is 7.29. The third kappa shape index (κ3) is 2.07. The molecular formula is C13H12ClN3O2S. The van der Waals surface area contributed by atoms with E-state index in [-0.39, 0.29) is 23.4 Å². The van der Waals surface area contributed by atoms with Gasteiger partial charge in [0.1, 0.15) is 17.4 Å². The van der Waals surface area contributed by atoms with Crippen LogP contribution in [-0.2, 0) is 15.7 Å². The maximum absolute atomic E-state index is 11.7. The molecule has 104 valence electrons. The highest BCUT2D eigenvalue weighted by molar-refractivity contribution is 7.91. The zero-order valence-corrected chi connectivity index (χ0v) is 12.2. The quantitative estimate of drug-likeness (QED) is 0.795. The van der Waals surface area contributed by atoms with Crippen LogP contribution in [0, 0.1) is 11.3 Å². The van der Waals surface area contributed by atoms with Crippen molar-refractivity contribution in [1.82, 2.24) is 9.55 Å². The highest BCUT2D eigenvalue weighted by Gasteiger charge is 2.31. The van der Waals surface area contributed by atoms with Gasteiger partial charge in [-0.15, -0.1) is 11.6 Å². The number of nitriles is 1. The van der Waals surface area contributed by atoms with E-state index in [2.05, 4.69) is 11.1 Å². The van der Waals surface area contributed by atoms with Gasteiger partial charge in [-0.3, -0.25) is 0 Å². The predicted molar refractivity (Wildman–Crippen MR) is 76.3 cm³/mol. The van der Waals surface area contributed by atoms with Gasteiger partial charge in [0.15, 0.2) is 9.84 Å². The Balaban J connectivity index is 2.22. The number of imidazole rings is 1. The van der Waals surface area contributed by atoms with Crippen LogP contribution >= 0.6 is 11.6 Å². The molecule has 0 saturated carbocycles. The molecule has 1 atom stereocenters. The molecule has 1 fully saturated rings. The average Bonchev–Trinajstić information content (AvgIpc) is 2.97. The first-order valence-corrected chi connectivity index (χ1v) is 8.57. The summed E-state index contributed by atoms with van der Waals surface area (Å²) < 4.78 is 25.2. The second-order valence-electron chi connectivity index (χ2n) is 4.87. The van der Waals surface area contributed by atoms with Gasteiger partial charge in [-0.1, -0.05) is 6.07 Å². The molecule has 2 aromatic rings. The van der Waals surface area contributed by atoms with Gasteiger partial charge in [0.2, 0.25) is 0 Å². The van der Waals surface area contributed by atoms with E-state index < -0.39 is 9.84 Å². The van der Waals surface area contributed by atoms with Crippen LogP contribution in [0.5, 0.6) is 0 Å². The van der Waals surface area contributed by atoms with Crippen LogP contribution in [0.25, 0.3) is 11.0 Å². The van der Waals surface area contributed by atoms with Crippen molar-refractivity contribution in [2.24, 2.45) is 0 Å². The number of fused-ring (bicyclic) bond motifs is 1. The molecule has 0 radical (unpaired) electrons. The minimum Gasteiger partial charge on any atom is -0.323 e. The minimum absolute atomic E-state index is 0.110. The van der Waals surface area contributed by atoms with Crippen LogP contribution in [0.4, 0.5) is 0 Å². The van der Waals surface area contributed by atoms with Crippen LogP contribution in [-0.4, -0.2) is 29.5 Å². The van der Waals surface area contributed by atoms with Gasteiger partial charge in [0, 0.05) is 0 Å². The molecule has 0 amide bonds. The number of sulfone groups is 1. The number of nitrogens with zero attached hydrogens (tertiary/aromatic N) is 3. The molecule has 1 aliphatic heterocycles. The Hall–Kier alpha value is -1.58. The summed E-state index contributed by atoms with van der Waals surface area (Å²) in [6.45, 7) is 0. The van der Waals surface area contributed by atoms with E-state index in [1.807, 2.05) is 10.6 Å². The van der Waals surface area contributed by atoms with Crippen molar-refractivity contribution in [3.8, 4) is 6.07 Å². The summed E-state index contributed by atoms with van der Waals surface area (Å²) in [5.74, 6) is 1.11. The molecule has 1 unspecified atom stereocenters. The number of hydrogen-bond donors (Lipinski definition) is 0. The molecule has 1 aliphatic rings. The normalized spacial score (nSPS) is 21.1. The van der Waals surface area contributed by atoms with Gasteiger partial charge < -0.3 is 4.57 Å². The monoisotopic (exact) mass is 309 g/mol. The second-order valence-corrected chi connectivity index (χ2v) is 7.37. The molecule has 0 N–H and O–H groups in total. The molecule has 1 aromatic heterocycles. The van der Waals surface area contributed by atoms with E-state index in [1.165, 1.54) is 0 Å². The van der Waals surface area contributed by atoms with Crippen molar-refractivity contribution in [1.29, 1.82) is 5.26 Å². The van der Waals surface area contributed by atoms with Gasteiger partial charge in [0.05, 0.1) is 34.5 Å². The van der Waals surface area contributed by atoms with E-state index in [1.54, 1.807) is 12.1 Å². The Morgan fingerprint density at radius 3 is 2.90 bits per heavy atom. The highest BCUT2D eigenvalue weighted by Crippen LogP contribution is 2.31. The zero-order valence-electron chi connectivity index (χ0n) is 10.6. The summed E-state index contributed by atoms with van der Waals surface area (Å²) >= 11 is 5.93. The lowest BCUT2D eigenvalue weighted by Gasteiger charge is -2.14. The predicted octanol–water partition coefficient (Wildman–Crippen LogP) is 2.01. The topological polar surface area (TPSA) is 75.8 Å². The third-order valence-corrected chi connectivity index (χ3v) is 5.60. The number of benzene rings is 1. The zero-order chi connectivity index (χ0) is 14.3. The third-order valence-electron chi connectivity index (χ3n) is 3.61. The van der Waals surface area contributed by atoms with E-state index in [0.717, 1.165) is 5.52 Å². The molecule has 1 aromatic carbocycles. The highest BCUT2D eigenvalue weighted by atomic mass is 35.5. The fourth-order valence-electron chi connectivity index (χ4n) is 2.74. The number of para-hydroxylation sites is 1. The molecule has 0 aliphatic carbocycles. The summed E-state index contributed by atoms with van der Waals surface area (Å²) in [4.78, 5) is 4.41. The van der Waals surface area contributed by atoms with Gasteiger partial charge >= 0.3 is 0 Å². The fourth-order valence-corrected chi connectivity index (χ4v) is 4.62. The van der Waals surface area contributed by atoms with Crippen LogP contribution in [0.1, 0.15) is 23.9 Å². The molecule has 7 heteroatoms. The van der Waals surface area contributed by atoms with Crippen molar-refractivity contribution >= 4 is 32.5 Å². The molecule has 3 rings (SSSR count). The molecule has 1 saturated heterocycles. The Bertz CT molecular complexity index is 820. The molecule has 5 nitrogen and oxygen atoms in total. The lowest BCUT2D eigenvalue weighted by Crippen LogP contribution is -2.13. The number of alkyl halides is 1. The smallest absolute Gasteiger partial charge is 0.152 e. The summed E-state index contributed by atoms with van der Waals surface area (Å²) in [5.41, 5.74) is 1.85. The molecule has 0 bridgehead atoms. The fraction of sp³-hybridized carbons (Fsp3) is 0.385. The van der Waals surface area contributed by atoms with Gasteiger partial charge in [0.25, 0.3) is 0 Å². The average molecular weight is 310 g/mol. The van der Waals surface area contributed by atoms with Crippen LogP contribution in [0.2, 0.25) is 0 Å². The van der Waals surface area contributed by atoms with Crippen molar-refractivity contribution in [2.45, 2.75) is 18.3 Å². The van der Waals surface area contributed by atoms with Gasteiger partial charge in [-0.05, 0) is 18.6 Å². The van der Waals surface area contributed by atoms with Crippen LogP contribution < -0.4 is 0 Å². The van der Waals surface area contributed by atoms with Gasteiger partial charge in [-0.2, -0.15) is 5.26 Å². The summed E-state index contributed by atoms with van der Waals surface area (Å²) in [7, 11) is -2.99. The maximum atomic E-state index is 11.7. The minimum atomic E-state index is -2.99. The Morgan fingerprint density at radius 2 is 2.30 bits per heavy atom. The Kier molecular flexibility index (Phi) is 3.19. The first-order valence-electron chi connectivity index (χ1n) is 6.22. The first kappa shape index (κ1) is 13.4. The molecule has 2 heterocycles.